The molecule has 1 aliphatic rings. The van der Waals surface area contributed by atoms with Gasteiger partial charge in [0.2, 0.25) is 0 Å². The van der Waals surface area contributed by atoms with Crippen molar-refractivity contribution in [3.63, 3.8) is 0 Å². The SMILES string of the molecule is C1CCOC1.[CH2-]CC.[Cl-].[Mg+2]. The second-order valence-electron chi connectivity index (χ2n) is 1.82. The van der Waals surface area contributed by atoms with E-state index < -0.39 is 0 Å². The van der Waals surface area contributed by atoms with Gasteiger partial charge in [0.15, 0.2) is 0 Å². The summed E-state index contributed by atoms with van der Waals surface area (Å²) in [4.78, 5) is 0. The average molecular weight is 175 g/mol. The van der Waals surface area contributed by atoms with Gasteiger partial charge in [-0.15, -0.1) is 0 Å². The Morgan fingerprint density at radius 2 is 1.60 bits per heavy atom. The fraction of sp³-hybridized carbons (Fsp3) is 0.857. The van der Waals surface area contributed by atoms with Gasteiger partial charge < -0.3 is 24.1 Å². The van der Waals surface area contributed by atoms with Crippen LogP contribution in [0, 0.1) is 6.92 Å². The van der Waals surface area contributed by atoms with Gasteiger partial charge in [-0.3, -0.25) is 0 Å². The van der Waals surface area contributed by atoms with Gasteiger partial charge in [0.25, 0.3) is 0 Å². The van der Waals surface area contributed by atoms with E-state index in [4.69, 9.17) is 4.74 Å². The Balaban J connectivity index is -0.0000000900. The van der Waals surface area contributed by atoms with Gasteiger partial charge in [0.1, 0.15) is 0 Å². The largest absolute Gasteiger partial charge is 2.00 e. The fourth-order valence-corrected chi connectivity index (χ4v) is 0.510. The monoisotopic (exact) mass is 174 g/mol. The van der Waals surface area contributed by atoms with E-state index in [9.17, 15) is 0 Å². The maximum absolute atomic E-state index is 4.94. The molecule has 0 saturated carbocycles. The van der Waals surface area contributed by atoms with E-state index in [0.29, 0.717) is 0 Å². The molecule has 1 nitrogen and oxygen atoms in total. The smallest absolute Gasteiger partial charge is 1.00 e. The zero-order chi connectivity index (χ0) is 6.24. The predicted octanol–water partition coefficient (Wildman–Crippen LogP) is -1.35. The van der Waals surface area contributed by atoms with Crippen LogP contribution in [0.4, 0.5) is 0 Å². The molecule has 0 aromatic heterocycles. The molecule has 10 heavy (non-hydrogen) atoms. The van der Waals surface area contributed by atoms with Crippen LogP contribution in [0.25, 0.3) is 0 Å². The molecule has 0 amide bonds. The first kappa shape index (κ1) is 17.2. The standard InChI is InChI=1S/C4H8O.C3H7.ClH.Mg/c1-2-4-5-3-1;1-3-2;;/h1-4H2;1,3H2,2H3;1H;/q;-1;;+2/p-1. The van der Waals surface area contributed by atoms with Crippen LogP contribution < -0.4 is 12.4 Å². The van der Waals surface area contributed by atoms with Crippen molar-refractivity contribution >= 4 is 23.1 Å². The number of ether oxygens (including phenoxy) is 1. The fourth-order valence-electron chi connectivity index (χ4n) is 0.510. The molecule has 1 saturated heterocycles. The molecule has 0 unspecified atom stereocenters. The van der Waals surface area contributed by atoms with E-state index in [0.717, 1.165) is 19.6 Å². The topological polar surface area (TPSA) is 9.23 Å². The van der Waals surface area contributed by atoms with E-state index in [1.807, 2.05) is 6.92 Å². The molecule has 0 spiro atoms. The van der Waals surface area contributed by atoms with Gasteiger partial charge in [0.05, 0.1) is 0 Å². The van der Waals surface area contributed by atoms with Crippen LogP contribution >= 0.6 is 0 Å². The number of halogens is 1. The van der Waals surface area contributed by atoms with Crippen molar-refractivity contribution in [3.05, 3.63) is 6.92 Å². The Bertz CT molecular complexity index is 33.0. The molecule has 1 rings (SSSR count). The molecule has 1 fully saturated rings. The molecule has 0 N–H and O–H groups in total. The Kier molecular flexibility index (Phi) is 28.4. The van der Waals surface area contributed by atoms with E-state index in [1.54, 1.807) is 0 Å². The van der Waals surface area contributed by atoms with Gasteiger partial charge in [-0.1, -0.05) is 6.92 Å². The van der Waals surface area contributed by atoms with Gasteiger partial charge >= 0.3 is 23.1 Å². The van der Waals surface area contributed by atoms with Crippen molar-refractivity contribution in [2.75, 3.05) is 13.2 Å². The molecule has 0 radical (unpaired) electrons. The summed E-state index contributed by atoms with van der Waals surface area (Å²) < 4.78 is 4.94. The molecule has 0 aromatic rings. The summed E-state index contributed by atoms with van der Waals surface area (Å²) in [6.07, 6.45) is 3.56. The van der Waals surface area contributed by atoms with E-state index in [1.165, 1.54) is 12.8 Å². The third kappa shape index (κ3) is 16.0. The van der Waals surface area contributed by atoms with Gasteiger partial charge in [-0.25, -0.2) is 0 Å². The predicted molar refractivity (Wildman–Crippen MR) is 41.5 cm³/mol. The van der Waals surface area contributed by atoms with Gasteiger partial charge in [-0.05, 0) is 12.8 Å². The van der Waals surface area contributed by atoms with Crippen molar-refractivity contribution in [2.24, 2.45) is 0 Å². The summed E-state index contributed by atoms with van der Waals surface area (Å²) in [6.45, 7) is 7.50. The van der Waals surface area contributed by atoms with E-state index in [-0.39, 0.29) is 35.5 Å². The second-order valence-corrected chi connectivity index (χ2v) is 1.82. The van der Waals surface area contributed by atoms with Crippen molar-refractivity contribution in [2.45, 2.75) is 26.2 Å². The number of rotatable bonds is 0. The summed E-state index contributed by atoms with van der Waals surface area (Å²) in [5.74, 6) is 0. The van der Waals surface area contributed by atoms with Crippen molar-refractivity contribution < 1.29 is 17.1 Å². The summed E-state index contributed by atoms with van der Waals surface area (Å²) in [7, 11) is 0. The summed E-state index contributed by atoms with van der Waals surface area (Å²) in [6, 6.07) is 0. The number of hydrogen-bond acceptors (Lipinski definition) is 1. The van der Waals surface area contributed by atoms with Crippen LogP contribution in [0.2, 0.25) is 0 Å². The van der Waals surface area contributed by atoms with Crippen molar-refractivity contribution in [3.8, 4) is 0 Å². The quantitative estimate of drug-likeness (QED) is 0.326. The third-order valence-corrected chi connectivity index (χ3v) is 0.827. The molecule has 0 aliphatic carbocycles. The number of hydrogen-bond donors (Lipinski definition) is 0. The van der Waals surface area contributed by atoms with E-state index >= 15 is 0 Å². The minimum absolute atomic E-state index is 0. The minimum Gasteiger partial charge on any atom is -1.00 e. The normalized spacial score (nSPS) is 13.8. The third-order valence-electron chi connectivity index (χ3n) is 0.827. The molecule has 0 atom stereocenters. The molecular weight excluding hydrogens is 160 g/mol. The maximum atomic E-state index is 4.94. The van der Waals surface area contributed by atoms with Crippen LogP contribution in [0.1, 0.15) is 26.2 Å². The van der Waals surface area contributed by atoms with Crippen LogP contribution in [-0.2, 0) is 4.74 Å². The average Bonchev–Trinajstić information content (AvgIpc) is 2.17. The zero-order valence-electron chi connectivity index (χ0n) is 6.74. The Morgan fingerprint density at radius 3 is 1.70 bits per heavy atom. The first-order chi connectivity index (χ1) is 3.91. The van der Waals surface area contributed by atoms with E-state index in [2.05, 4.69) is 6.92 Å². The van der Waals surface area contributed by atoms with Crippen molar-refractivity contribution in [1.82, 2.24) is 0 Å². The van der Waals surface area contributed by atoms with Crippen LogP contribution in [0.5, 0.6) is 0 Å². The molecular formula is C7H15ClMgO. The minimum atomic E-state index is 0. The molecule has 0 bridgehead atoms. The molecule has 3 heteroatoms. The zero-order valence-corrected chi connectivity index (χ0v) is 8.91. The van der Waals surface area contributed by atoms with Crippen molar-refractivity contribution in [1.29, 1.82) is 0 Å². The maximum Gasteiger partial charge on any atom is 2.00 e. The second kappa shape index (κ2) is 16.5. The van der Waals surface area contributed by atoms with Crippen LogP contribution in [0.15, 0.2) is 0 Å². The Morgan fingerprint density at radius 1 is 1.30 bits per heavy atom. The van der Waals surface area contributed by atoms with Gasteiger partial charge in [0, 0.05) is 13.2 Å². The summed E-state index contributed by atoms with van der Waals surface area (Å²) in [5.41, 5.74) is 0. The molecule has 1 heterocycles. The Labute approximate surface area is 86.5 Å². The van der Waals surface area contributed by atoms with Crippen LogP contribution in [-0.4, -0.2) is 36.3 Å². The Hall–Kier alpha value is 1.02. The first-order valence-corrected chi connectivity index (χ1v) is 3.28. The summed E-state index contributed by atoms with van der Waals surface area (Å²) >= 11 is 0. The van der Waals surface area contributed by atoms with Gasteiger partial charge in [-0.2, -0.15) is 6.42 Å². The molecule has 1 aliphatic heterocycles. The molecule has 0 aromatic carbocycles. The first-order valence-electron chi connectivity index (χ1n) is 3.28. The summed E-state index contributed by atoms with van der Waals surface area (Å²) in [5, 5.41) is 0. The van der Waals surface area contributed by atoms with Crippen LogP contribution in [0.3, 0.4) is 0 Å². The molecule has 58 valence electrons.